The number of carbonyl (C=O) groups excluding carboxylic acids is 1. The fourth-order valence-corrected chi connectivity index (χ4v) is 3.32. The van der Waals surface area contributed by atoms with Gasteiger partial charge >= 0.3 is 5.69 Å². The second-order valence-electron chi connectivity index (χ2n) is 7.07. The molecule has 156 valence electrons. The molecule has 0 saturated carbocycles. The van der Waals surface area contributed by atoms with E-state index in [0.717, 1.165) is 20.8 Å². The molecule has 9 nitrogen and oxygen atoms in total. The topological polar surface area (TPSA) is 108 Å². The monoisotopic (exact) mass is 417 g/mol. The number of aromatic nitrogens is 4. The van der Waals surface area contributed by atoms with Gasteiger partial charge in [-0.15, -0.1) is 0 Å². The van der Waals surface area contributed by atoms with Gasteiger partial charge in [0.2, 0.25) is 0 Å². The van der Waals surface area contributed by atoms with Gasteiger partial charge in [0.25, 0.3) is 17.0 Å². The molecule has 0 aliphatic heterocycles. The molecule has 0 aliphatic carbocycles. The molecule has 3 heterocycles. The normalized spacial score (nSPS) is 10.9. The van der Waals surface area contributed by atoms with E-state index in [0.29, 0.717) is 11.0 Å². The molecule has 0 saturated heterocycles. The summed E-state index contributed by atoms with van der Waals surface area (Å²) in [6.45, 7) is 0.235. The van der Waals surface area contributed by atoms with Crippen LogP contribution in [0.1, 0.15) is 15.9 Å². The van der Waals surface area contributed by atoms with Crippen LogP contribution in [-0.2, 0) is 20.6 Å². The Morgan fingerprint density at radius 1 is 0.968 bits per heavy atom. The Kier molecular flexibility index (Phi) is 5.08. The van der Waals surface area contributed by atoms with Crippen LogP contribution in [0.4, 0.5) is 5.82 Å². The van der Waals surface area contributed by atoms with E-state index in [9.17, 15) is 19.2 Å². The third-order valence-electron chi connectivity index (χ3n) is 5.04. The lowest BCUT2D eigenvalue weighted by Gasteiger charge is -2.14. The van der Waals surface area contributed by atoms with Gasteiger partial charge in [-0.3, -0.25) is 28.1 Å². The van der Waals surface area contributed by atoms with Gasteiger partial charge in [-0.2, -0.15) is 0 Å². The number of benzene rings is 1. The Labute approximate surface area is 175 Å². The Bertz CT molecular complexity index is 1480. The molecule has 0 atom stereocenters. The Morgan fingerprint density at radius 2 is 1.71 bits per heavy atom. The van der Waals surface area contributed by atoms with Crippen LogP contribution in [0, 0.1) is 0 Å². The van der Waals surface area contributed by atoms with Crippen LogP contribution in [0.5, 0.6) is 0 Å². The Balaban J connectivity index is 1.82. The quantitative estimate of drug-likeness (QED) is 0.535. The number of carbonyl (C=O) groups is 1. The van der Waals surface area contributed by atoms with Gasteiger partial charge in [0.1, 0.15) is 17.0 Å². The second-order valence-corrected chi connectivity index (χ2v) is 7.07. The lowest BCUT2D eigenvalue weighted by atomic mass is 10.1. The molecular formula is C22H19N5O4. The van der Waals surface area contributed by atoms with Crippen molar-refractivity contribution in [3.63, 3.8) is 0 Å². The zero-order chi connectivity index (χ0) is 22.1. The van der Waals surface area contributed by atoms with E-state index in [1.165, 1.54) is 24.7 Å². The van der Waals surface area contributed by atoms with E-state index in [-0.39, 0.29) is 17.9 Å². The van der Waals surface area contributed by atoms with Crippen molar-refractivity contribution in [2.75, 3.05) is 5.32 Å². The molecule has 0 aliphatic rings. The molecule has 4 aromatic rings. The SMILES string of the molecule is Cn1c(NC(=O)c2cc3cccnc3n(Cc3ccccc3)c2=O)cc(=O)n(C)c1=O. The summed E-state index contributed by atoms with van der Waals surface area (Å²) in [5, 5.41) is 3.12. The van der Waals surface area contributed by atoms with Crippen molar-refractivity contribution in [2.45, 2.75) is 6.54 Å². The molecule has 4 rings (SSSR count). The van der Waals surface area contributed by atoms with E-state index < -0.39 is 22.7 Å². The first kappa shape index (κ1) is 20.0. The number of amides is 1. The summed E-state index contributed by atoms with van der Waals surface area (Å²) in [5.41, 5.74) is -0.475. The number of nitrogens with one attached hydrogen (secondary N) is 1. The van der Waals surface area contributed by atoms with E-state index >= 15 is 0 Å². The van der Waals surface area contributed by atoms with Gasteiger partial charge in [0.05, 0.1) is 6.54 Å². The third kappa shape index (κ3) is 3.68. The highest BCUT2D eigenvalue weighted by molar-refractivity contribution is 6.05. The Morgan fingerprint density at radius 3 is 2.45 bits per heavy atom. The zero-order valence-electron chi connectivity index (χ0n) is 16.9. The molecule has 1 aromatic carbocycles. The fourth-order valence-electron chi connectivity index (χ4n) is 3.32. The number of hydrogen-bond acceptors (Lipinski definition) is 5. The first-order valence-corrected chi connectivity index (χ1v) is 9.47. The van der Waals surface area contributed by atoms with Crippen molar-refractivity contribution in [3.8, 4) is 0 Å². The standard InChI is InChI=1S/C22H19N5O4/c1-25-17(12-18(28)26(2)22(25)31)24-20(29)16-11-15-9-6-10-23-19(15)27(21(16)30)13-14-7-4-3-5-8-14/h3-12H,13H2,1-2H3,(H,24,29). The van der Waals surface area contributed by atoms with Crippen molar-refractivity contribution in [1.82, 2.24) is 18.7 Å². The molecule has 0 fully saturated rings. The number of nitrogens with zero attached hydrogens (tertiary/aromatic N) is 4. The van der Waals surface area contributed by atoms with Crippen LogP contribution in [-0.4, -0.2) is 24.6 Å². The minimum absolute atomic E-state index is 0.00149. The highest BCUT2D eigenvalue weighted by Crippen LogP contribution is 2.14. The number of rotatable bonds is 4. The predicted molar refractivity (Wildman–Crippen MR) is 116 cm³/mol. The zero-order valence-corrected chi connectivity index (χ0v) is 16.9. The highest BCUT2D eigenvalue weighted by atomic mass is 16.2. The summed E-state index contributed by atoms with van der Waals surface area (Å²) in [5.74, 6) is -0.723. The van der Waals surface area contributed by atoms with Crippen LogP contribution in [0.3, 0.4) is 0 Å². The van der Waals surface area contributed by atoms with Crippen molar-refractivity contribution >= 4 is 22.8 Å². The average molecular weight is 417 g/mol. The van der Waals surface area contributed by atoms with Crippen molar-refractivity contribution in [3.05, 3.63) is 103 Å². The van der Waals surface area contributed by atoms with Crippen LogP contribution in [0.25, 0.3) is 11.0 Å². The fraction of sp³-hybridized carbons (Fsp3) is 0.136. The van der Waals surface area contributed by atoms with Gasteiger partial charge < -0.3 is 5.32 Å². The smallest absolute Gasteiger partial charge is 0.308 e. The average Bonchev–Trinajstić information content (AvgIpc) is 2.78. The lowest BCUT2D eigenvalue weighted by molar-refractivity contribution is 0.102. The van der Waals surface area contributed by atoms with Crippen LogP contribution < -0.4 is 22.1 Å². The molecule has 0 bridgehead atoms. The van der Waals surface area contributed by atoms with Gasteiger partial charge in [0, 0.05) is 31.7 Å². The first-order chi connectivity index (χ1) is 14.9. The summed E-state index contributed by atoms with van der Waals surface area (Å²) in [6, 6.07) is 15.4. The largest absolute Gasteiger partial charge is 0.332 e. The van der Waals surface area contributed by atoms with Crippen molar-refractivity contribution in [2.24, 2.45) is 14.1 Å². The van der Waals surface area contributed by atoms with Crippen molar-refractivity contribution in [1.29, 1.82) is 0 Å². The van der Waals surface area contributed by atoms with Crippen molar-refractivity contribution < 1.29 is 4.79 Å². The molecule has 0 radical (unpaired) electrons. The van der Waals surface area contributed by atoms with Gasteiger partial charge in [-0.05, 0) is 23.8 Å². The van der Waals surface area contributed by atoms with E-state index in [1.54, 1.807) is 18.3 Å². The van der Waals surface area contributed by atoms with Gasteiger partial charge in [-0.1, -0.05) is 30.3 Å². The van der Waals surface area contributed by atoms with Crippen LogP contribution >= 0.6 is 0 Å². The number of anilines is 1. The van der Waals surface area contributed by atoms with Gasteiger partial charge in [-0.25, -0.2) is 9.78 Å². The maximum absolute atomic E-state index is 13.2. The van der Waals surface area contributed by atoms with E-state index in [2.05, 4.69) is 10.3 Å². The summed E-state index contributed by atoms with van der Waals surface area (Å²) in [4.78, 5) is 54.6. The molecule has 3 aromatic heterocycles. The minimum Gasteiger partial charge on any atom is -0.308 e. The maximum atomic E-state index is 13.2. The summed E-state index contributed by atoms with van der Waals surface area (Å²) >= 11 is 0. The van der Waals surface area contributed by atoms with Crippen LogP contribution in [0.2, 0.25) is 0 Å². The van der Waals surface area contributed by atoms with E-state index in [1.807, 2.05) is 30.3 Å². The molecule has 1 amide bonds. The first-order valence-electron chi connectivity index (χ1n) is 9.47. The van der Waals surface area contributed by atoms with Gasteiger partial charge in [0.15, 0.2) is 0 Å². The molecule has 1 N–H and O–H groups in total. The summed E-state index contributed by atoms with van der Waals surface area (Å²) < 4.78 is 3.48. The third-order valence-corrected chi connectivity index (χ3v) is 5.04. The molecular weight excluding hydrogens is 398 g/mol. The molecule has 0 unspecified atom stereocenters. The molecule has 31 heavy (non-hydrogen) atoms. The van der Waals surface area contributed by atoms with E-state index in [4.69, 9.17) is 0 Å². The Hall–Kier alpha value is -4.27. The van der Waals surface area contributed by atoms with Crippen LogP contribution in [0.15, 0.2) is 75.2 Å². The molecule has 9 heteroatoms. The summed E-state index contributed by atoms with van der Waals surface area (Å²) in [6.07, 6.45) is 1.58. The number of pyridine rings is 2. The highest BCUT2D eigenvalue weighted by Gasteiger charge is 2.18. The maximum Gasteiger partial charge on any atom is 0.332 e. The second kappa shape index (κ2) is 7.86. The minimum atomic E-state index is -0.721. The summed E-state index contributed by atoms with van der Waals surface area (Å²) in [7, 11) is 2.77. The predicted octanol–water partition coefficient (Wildman–Crippen LogP) is 1.09. The number of fused-ring (bicyclic) bond motifs is 1. The lowest BCUT2D eigenvalue weighted by Crippen LogP contribution is -2.38. The molecule has 0 spiro atoms. The number of hydrogen-bond donors (Lipinski definition) is 1.